The van der Waals surface area contributed by atoms with Crippen molar-refractivity contribution in [3.05, 3.63) is 65.4 Å². The van der Waals surface area contributed by atoms with Crippen molar-refractivity contribution in [1.82, 2.24) is 4.98 Å². The van der Waals surface area contributed by atoms with Crippen molar-refractivity contribution in [3.63, 3.8) is 0 Å². The smallest absolute Gasteiger partial charge is 0.269 e. The number of benzene rings is 2. The Kier molecular flexibility index (Phi) is 2.51. The molecule has 0 saturated heterocycles. The van der Waals surface area contributed by atoms with Gasteiger partial charge in [0.25, 0.3) is 5.91 Å². The van der Waals surface area contributed by atoms with Gasteiger partial charge in [-0.05, 0) is 31.2 Å². The van der Waals surface area contributed by atoms with Gasteiger partial charge in [0.15, 0.2) is 0 Å². The normalized spacial score (nSPS) is 20.7. The zero-order valence-electron chi connectivity index (χ0n) is 12.4. The number of aromatic nitrogens is 1. The van der Waals surface area contributed by atoms with Gasteiger partial charge in [0.2, 0.25) is 5.60 Å². The van der Waals surface area contributed by atoms with E-state index in [0.29, 0.717) is 11.3 Å². The van der Waals surface area contributed by atoms with Crippen LogP contribution < -0.4 is 4.90 Å². The quantitative estimate of drug-likeness (QED) is 0.724. The van der Waals surface area contributed by atoms with Gasteiger partial charge in [0, 0.05) is 23.5 Å². The molecule has 0 saturated carbocycles. The minimum absolute atomic E-state index is 0.336. The summed E-state index contributed by atoms with van der Waals surface area (Å²) >= 11 is 0. The predicted molar refractivity (Wildman–Crippen MR) is 85.9 cm³/mol. The van der Waals surface area contributed by atoms with Crippen molar-refractivity contribution in [2.45, 2.75) is 12.5 Å². The fourth-order valence-electron chi connectivity index (χ4n) is 3.25. The molecule has 4 rings (SSSR count). The highest BCUT2D eigenvalue weighted by Gasteiger charge is 2.50. The molecule has 0 radical (unpaired) electrons. The number of carbonyl (C=O) groups excluding carboxylic acids is 1. The van der Waals surface area contributed by atoms with Crippen molar-refractivity contribution in [2.75, 3.05) is 11.9 Å². The second-order valence-corrected chi connectivity index (χ2v) is 5.87. The lowest BCUT2D eigenvalue weighted by Gasteiger charge is -2.20. The second kappa shape index (κ2) is 4.21. The van der Waals surface area contributed by atoms with Crippen LogP contribution >= 0.6 is 0 Å². The lowest BCUT2D eigenvalue weighted by atomic mass is 9.92. The van der Waals surface area contributed by atoms with Crippen LogP contribution in [-0.2, 0) is 10.4 Å². The maximum Gasteiger partial charge on any atom is 0.269 e. The molecule has 1 atom stereocenters. The van der Waals surface area contributed by atoms with E-state index in [-0.39, 0.29) is 5.91 Å². The first-order valence-corrected chi connectivity index (χ1v) is 7.21. The van der Waals surface area contributed by atoms with E-state index in [4.69, 9.17) is 0 Å². The molecular weight excluding hydrogens is 276 g/mol. The molecule has 2 heterocycles. The summed E-state index contributed by atoms with van der Waals surface area (Å²) in [6.07, 6.45) is 0. The number of hydrogen-bond donors (Lipinski definition) is 2. The lowest BCUT2D eigenvalue weighted by molar-refractivity contribution is -0.132. The number of amides is 1. The molecule has 1 aliphatic heterocycles. The Hall–Kier alpha value is -2.59. The zero-order valence-corrected chi connectivity index (χ0v) is 12.4. The number of para-hydroxylation sites is 1. The number of likely N-dealkylation sites (N-methyl/N-ethyl adjacent to an activating group) is 1. The van der Waals surface area contributed by atoms with Crippen LogP contribution in [0.1, 0.15) is 16.8 Å². The SMILES string of the molecule is Cc1ccc2[nH]c(C3(O)C(=O)N(C)c4ccccc43)cc2c1. The van der Waals surface area contributed by atoms with Crippen LogP contribution in [0.5, 0.6) is 0 Å². The highest BCUT2D eigenvalue weighted by Crippen LogP contribution is 2.43. The number of nitrogens with one attached hydrogen (secondary N) is 1. The van der Waals surface area contributed by atoms with Crippen LogP contribution in [0, 0.1) is 6.92 Å². The number of fused-ring (bicyclic) bond motifs is 2. The molecule has 4 heteroatoms. The van der Waals surface area contributed by atoms with Crippen molar-refractivity contribution >= 4 is 22.5 Å². The molecule has 1 aliphatic rings. The van der Waals surface area contributed by atoms with Gasteiger partial charge in [-0.25, -0.2) is 0 Å². The highest BCUT2D eigenvalue weighted by atomic mass is 16.3. The maximum atomic E-state index is 12.7. The number of anilines is 1. The maximum absolute atomic E-state index is 12.7. The van der Waals surface area contributed by atoms with Crippen LogP contribution in [-0.4, -0.2) is 23.0 Å². The first-order chi connectivity index (χ1) is 10.5. The molecular formula is C18H16N2O2. The van der Waals surface area contributed by atoms with Crippen LogP contribution in [0.15, 0.2) is 48.5 Å². The Bertz CT molecular complexity index is 912. The number of nitrogens with zero attached hydrogens (tertiary/aromatic N) is 1. The fraction of sp³-hybridized carbons (Fsp3) is 0.167. The Balaban J connectivity index is 1.98. The molecule has 0 spiro atoms. The van der Waals surface area contributed by atoms with E-state index in [1.165, 1.54) is 4.90 Å². The van der Waals surface area contributed by atoms with E-state index < -0.39 is 5.60 Å². The molecule has 0 fully saturated rings. The number of rotatable bonds is 1. The van der Waals surface area contributed by atoms with Gasteiger partial charge in [0.05, 0.1) is 11.4 Å². The number of carbonyl (C=O) groups is 1. The molecule has 0 aliphatic carbocycles. The summed E-state index contributed by atoms with van der Waals surface area (Å²) < 4.78 is 0. The minimum atomic E-state index is -1.65. The molecule has 110 valence electrons. The fourth-order valence-corrected chi connectivity index (χ4v) is 3.25. The van der Waals surface area contributed by atoms with Crippen LogP contribution in [0.2, 0.25) is 0 Å². The summed E-state index contributed by atoms with van der Waals surface area (Å²) in [6.45, 7) is 2.02. The first kappa shape index (κ1) is 13.1. The summed E-state index contributed by atoms with van der Waals surface area (Å²) in [5.74, 6) is -0.336. The van der Waals surface area contributed by atoms with E-state index >= 15 is 0 Å². The monoisotopic (exact) mass is 292 g/mol. The minimum Gasteiger partial charge on any atom is -0.371 e. The van der Waals surface area contributed by atoms with Gasteiger partial charge in [-0.3, -0.25) is 4.79 Å². The van der Waals surface area contributed by atoms with E-state index in [1.807, 2.05) is 49.4 Å². The van der Waals surface area contributed by atoms with Gasteiger partial charge >= 0.3 is 0 Å². The standard InChI is InChI=1S/C18H16N2O2/c1-11-7-8-14-12(9-11)10-16(19-14)18(22)13-5-3-4-6-15(13)20(2)17(18)21/h3-10,19,22H,1-2H3. The van der Waals surface area contributed by atoms with Gasteiger partial charge < -0.3 is 15.0 Å². The van der Waals surface area contributed by atoms with Crippen molar-refractivity contribution < 1.29 is 9.90 Å². The predicted octanol–water partition coefficient (Wildman–Crippen LogP) is 2.69. The number of aliphatic hydroxyl groups is 1. The van der Waals surface area contributed by atoms with Crippen LogP contribution in [0.3, 0.4) is 0 Å². The van der Waals surface area contributed by atoms with Crippen molar-refractivity contribution in [3.8, 4) is 0 Å². The number of aryl methyl sites for hydroxylation is 1. The third-order valence-corrected chi connectivity index (χ3v) is 4.44. The van der Waals surface area contributed by atoms with Gasteiger partial charge in [-0.2, -0.15) is 0 Å². The highest BCUT2D eigenvalue weighted by molar-refractivity contribution is 6.09. The molecule has 1 amide bonds. The number of H-pyrrole nitrogens is 1. The molecule has 2 aromatic carbocycles. The summed E-state index contributed by atoms with van der Waals surface area (Å²) in [5.41, 5.74) is 2.26. The van der Waals surface area contributed by atoms with Crippen molar-refractivity contribution in [1.29, 1.82) is 0 Å². The molecule has 4 nitrogen and oxygen atoms in total. The molecule has 22 heavy (non-hydrogen) atoms. The van der Waals surface area contributed by atoms with Crippen LogP contribution in [0.4, 0.5) is 5.69 Å². The summed E-state index contributed by atoms with van der Waals surface area (Å²) in [6, 6.07) is 15.2. The van der Waals surface area contributed by atoms with E-state index in [9.17, 15) is 9.90 Å². The van der Waals surface area contributed by atoms with E-state index in [2.05, 4.69) is 4.98 Å². The van der Waals surface area contributed by atoms with Crippen molar-refractivity contribution in [2.24, 2.45) is 0 Å². The number of aromatic amines is 1. The molecule has 1 unspecified atom stereocenters. The van der Waals surface area contributed by atoms with E-state index in [0.717, 1.165) is 22.2 Å². The Morgan fingerprint density at radius 2 is 1.91 bits per heavy atom. The second-order valence-electron chi connectivity index (χ2n) is 5.87. The Labute approximate surface area is 128 Å². The Morgan fingerprint density at radius 3 is 2.73 bits per heavy atom. The largest absolute Gasteiger partial charge is 0.371 e. The molecule has 3 aromatic rings. The lowest BCUT2D eigenvalue weighted by Crippen LogP contribution is -2.39. The van der Waals surface area contributed by atoms with Gasteiger partial charge in [0.1, 0.15) is 0 Å². The molecule has 0 bridgehead atoms. The van der Waals surface area contributed by atoms with Crippen LogP contribution in [0.25, 0.3) is 10.9 Å². The molecule has 1 aromatic heterocycles. The molecule has 2 N–H and O–H groups in total. The number of hydrogen-bond acceptors (Lipinski definition) is 2. The average molecular weight is 292 g/mol. The van der Waals surface area contributed by atoms with E-state index in [1.54, 1.807) is 13.1 Å². The third-order valence-electron chi connectivity index (χ3n) is 4.44. The van der Waals surface area contributed by atoms with Gasteiger partial charge in [-0.15, -0.1) is 0 Å². The average Bonchev–Trinajstić information content (AvgIpc) is 3.03. The first-order valence-electron chi connectivity index (χ1n) is 7.21. The third kappa shape index (κ3) is 1.53. The topological polar surface area (TPSA) is 56.3 Å². The van der Waals surface area contributed by atoms with Gasteiger partial charge in [-0.1, -0.05) is 29.8 Å². The summed E-state index contributed by atoms with van der Waals surface area (Å²) in [5, 5.41) is 12.2. The summed E-state index contributed by atoms with van der Waals surface area (Å²) in [4.78, 5) is 17.4. The zero-order chi connectivity index (χ0) is 15.5. The Morgan fingerprint density at radius 1 is 1.14 bits per heavy atom. The summed E-state index contributed by atoms with van der Waals surface area (Å²) in [7, 11) is 1.69.